The Bertz CT molecular complexity index is 1920. The fraction of sp³-hybridized carbons (Fsp3) is 0.961. The summed E-state index contributed by atoms with van der Waals surface area (Å²) in [5.74, 6) is -0.310. The summed E-state index contributed by atoms with van der Waals surface area (Å²) in [5.41, 5.74) is 1.02. The van der Waals surface area contributed by atoms with Gasteiger partial charge < -0.3 is 114 Å². The van der Waals surface area contributed by atoms with Crippen LogP contribution in [0.15, 0.2) is 11.6 Å². The average molecular weight is 1070 g/mol. The van der Waals surface area contributed by atoms with E-state index in [1.54, 1.807) is 0 Å². The number of hydrogen-bond acceptors (Lipinski definition) is 23. The van der Waals surface area contributed by atoms with Crippen molar-refractivity contribution in [2.45, 2.75) is 233 Å². The van der Waals surface area contributed by atoms with Gasteiger partial charge in [-0.15, -0.1) is 0 Å². The van der Waals surface area contributed by atoms with E-state index in [1.165, 1.54) is 12.5 Å². The highest BCUT2D eigenvalue weighted by atomic mass is 16.8. The number of rotatable bonds is 15. The Morgan fingerprint density at radius 3 is 1.86 bits per heavy atom. The fourth-order valence-electron chi connectivity index (χ4n) is 15.0. The van der Waals surface area contributed by atoms with E-state index in [-0.39, 0.29) is 41.3 Å². The molecule has 0 amide bonds. The predicted molar refractivity (Wildman–Crippen MR) is 250 cm³/mol. The first-order chi connectivity index (χ1) is 35.0. The summed E-state index contributed by atoms with van der Waals surface area (Å²) in [6.07, 6.45) is -22.1. The third kappa shape index (κ3) is 10.2. The normalized spacial score (nSPS) is 54.9. The summed E-state index contributed by atoms with van der Waals surface area (Å²) in [6, 6.07) is 0. The summed E-state index contributed by atoms with van der Waals surface area (Å²) >= 11 is 0. The molecule has 426 valence electrons. The molecule has 14 N–H and O–H groups in total. The van der Waals surface area contributed by atoms with Gasteiger partial charge in [0.1, 0.15) is 91.6 Å². The predicted octanol–water partition coefficient (Wildman–Crippen LogP) is -3.01. The van der Waals surface area contributed by atoms with Gasteiger partial charge in [-0.1, -0.05) is 39.3 Å². The molecule has 4 aliphatic carbocycles. The number of aliphatic hydroxyl groups excluding tert-OH is 13. The first-order valence-electron chi connectivity index (χ1n) is 26.9. The van der Waals surface area contributed by atoms with Crippen LogP contribution in [0.2, 0.25) is 0 Å². The lowest BCUT2D eigenvalue weighted by Crippen LogP contribution is -2.67. The zero-order valence-electron chi connectivity index (χ0n) is 42.9. The van der Waals surface area contributed by atoms with Gasteiger partial charge in [-0.2, -0.15) is 0 Å². The second-order valence-electron chi connectivity index (χ2n) is 23.8. The second kappa shape index (κ2) is 22.4. The van der Waals surface area contributed by atoms with Crippen molar-refractivity contribution in [3.63, 3.8) is 0 Å². The molecule has 23 nitrogen and oxygen atoms in total. The second-order valence-corrected chi connectivity index (χ2v) is 23.8. The van der Waals surface area contributed by atoms with Crippen LogP contribution in [0.3, 0.4) is 0 Å². The van der Waals surface area contributed by atoms with Crippen molar-refractivity contribution >= 4 is 0 Å². The molecule has 74 heavy (non-hydrogen) atoms. The number of aliphatic hydroxyl groups is 14. The molecule has 5 aliphatic heterocycles. The van der Waals surface area contributed by atoms with Gasteiger partial charge in [-0.25, -0.2) is 0 Å². The molecule has 0 aromatic heterocycles. The average Bonchev–Trinajstić information content (AvgIpc) is 3.82. The smallest absolute Gasteiger partial charge is 0.187 e. The molecule has 8 fully saturated rings. The quantitative estimate of drug-likeness (QED) is 0.0727. The fourth-order valence-corrected chi connectivity index (χ4v) is 15.0. The monoisotopic (exact) mass is 1060 g/mol. The Labute approximate surface area is 430 Å². The van der Waals surface area contributed by atoms with Crippen LogP contribution < -0.4 is 0 Å². The van der Waals surface area contributed by atoms with Crippen molar-refractivity contribution in [2.24, 2.45) is 46.3 Å². The Balaban J connectivity index is 0.849. The van der Waals surface area contributed by atoms with E-state index in [0.29, 0.717) is 43.4 Å². The Hall–Kier alpha value is -1.18. The molecule has 0 spiro atoms. The van der Waals surface area contributed by atoms with Gasteiger partial charge in [0.25, 0.3) is 0 Å². The van der Waals surface area contributed by atoms with Gasteiger partial charge in [0.15, 0.2) is 30.9 Å². The molecule has 5 heterocycles. The van der Waals surface area contributed by atoms with E-state index in [9.17, 15) is 71.5 Å². The van der Waals surface area contributed by atoms with Crippen LogP contribution in [0.25, 0.3) is 0 Å². The lowest BCUT2D eigenvalue weighted by atomic mass is 9.47. The van der Waals surface area contributed by atoms with E-state index in [0.717, 1.165) is 32.1 Å². The summed E-state index contributed by atoms with van der Waals surface area (Å²) in [7, 11) is 0. The zero-order valence-corrected chi connectivity index (χ0v) is 42.9. The van der Waals surface area contributed by atoms with Gasteiger partial charge in [0.05, 0.1) is 44.7 Å². The molecule has 23 heteroatoms. The van der Waals surface area contributed by atoms with E-state index >= 15 is 0 Å². The summed E-state index contributed by atoms with van der Waals surface area (Å²) in [5, 5.41) is 148. The molecule has 0 aromatic carbocycles. The number of hydrogen-bond donors (Lipinski definition) is 14. The van der Waals surface area contributed by atoms with Crippen molar-refractivity contribution in [1.29, 1.82) is 0 Å². The van der Waals surface area contributed by atoms with Crippen molar-refractivity contribution in [3.05, 3.63) is 11.6 Å². The molecule has 0 bridgehead atoms. The molecular weight excluding hydrogens is 981 g/mol. The summed E-state index contributed by atoms with van der Waals surface area (Å²) in [6.45, 7) is 8.35. The first-order valence-corrected chi connectivity index (χ1v) is 26.9. The third-order valence-corrected chi connectivity index (χ3v) is 19.5. The van der Waals surface area contributed by atoms with Crippen LogP contribution in [-0.4, -0.2) is 239 Å². The molecule has 0 radical (unpaired) electrons. The van der Waals surface area contributed by atoms with E-state index in [1.807, 2.05) is 6.92 Å². The molecule has 18 unspecified atom stereocenters. The Morgan fingerprint density at radius 1 is 0.635 bits per heavy atom. The molecule has 0 aromatic rings. The zero-order chi connectivity index (χ0) is 53.5. The maximum Gasteiger partial charge on any atom is 0.187 e. The van der Waals surface area contributed by atoms with Crippen LogP contribution in [0.1, 0.15) is 92.4 Å². The van der Waals surface area contributed by atoms with Crippen molar-refractivity contribution in [2.75, 3.05) is 26.4 Å². The lowest BCUT2D eigenvalue weighted by molar-refractivity contribution is -0.389. The number of fused-ring (bicyclic) bond motifs is 7. The summed E-state index contributed by atoms with van der Waals surface area (Å²) in [4.78, 5) is 0. The molecular formula is C51H84O23. The van der Waals surface area contributed by atoms with E-state index in [2.05, 4.69) is 26.8 Å². The third-order valence-electron chi connectivity index (χ3n) is 19.5. The minimum atomic E-state index is -1.85. The number of ether oxygens (including phenoxy) is 9. The van der Waals surface area contributed by atoms with E-state index < -0.39 is 155 Å². The highest BCUT2D eigenvalue weighted by Crippen LogP contribution is 2.70. The van der Waals surface area contributed by atoms with Crippen molar-refractivity contribution in [3.8, 4) is 0 Å². The van der Waals surface area contributed by atoms with Crippen molar-refractivity contribution < 1.29 is 114 Å². The Kier molecular flexibility index (Phi) is 17.4. The van der Waals surface area contributed by atoms with Gasteiger partial charge in [-0.3, -0.25) is 0 Å². The summed E-state index contributed by atoms with van der Waals surface area (Å²) < 4.78 is 54.4. The first kappa shape index (κ1) is 57.5. The minimum absolute atomic E-state index is 0.0705. The van der Waals surface area contributed by atoms with Crippen LogP contribution in [0.5, 0.6) is 0 Å². The number of allylic oxidation sites excluding steroid dienone is 1. The van der Waals surface area contributed by atoms with Crippen LogP contribution >= 0.6 is 0 Å². The van der Waals surface area contributed by atoms with Crippen molar-refractivity contribution in [1.82, 2.24) is 0 Å². The highest BCUT2D eigenvalue weighted by molar-refractivity contribution is 5.26. The maximum absolute atomic E-state index is 12.1. The SMILES string of the molecule is CC1OC(O[C@@H]2C(O[C@H]3CC[C@@]4(C)C(=CCC5C6CC7OC(O)(CC[C@@H](C)COC8OC(CO)C(O)[C@@H](O)[C@@H]8O)[C@@H](C)C7[C@@]6(C)CCC54)C3)OC(CO)C(OC3OC(CO)C(O)[C@@H](O)[C@@H]3O)[C@H]2O)[C@@H](O)[C@@H](O)C1O. The standard InChI is InChI=1S/C51H84O23/c1-20(19-66-45-39(61)37(59)34(56)29(16-52)69-45)8-13-51(65)21(2)32-28(74-51)15-27-25-7-6-23-14-24(9-11-49(23,4)26(25)10-12-50(27,32)5)68-48-44(73-46-40(62)36(58)33(55)22(3)67-46)42(64)43(31(18-54)71-48)72-47-41(63)38(60)35(57)30(17-53)70-47/h6,20-22,24-48,52-65H,7-19H2,1-5H3/t20-,21+,22?,24+,25?,26?,27?,28?,29?,30?,31?,32?,33?,34?,35?,36+,37-,38-,39+,40+,41+,42-,43?,44+,45?,46?,47?,48?,49+,50+,51?/m1/s1. The van der Waals surface area contributed by atoms with Crippen LogP contribution in [0.4, 0.5) is 0 Å². The maximum atomic E-state index is 12.1. The Morgan fingerprint density at radius 2 is 1.22 bits per heavy atom. The minimum Gasteiger partial charge on any atom is -0.394 e. The lowest BCUT2D eigenvalue weighted by Gasteiger charge is -2.58. The van der Waals surface area contributed by atoms with Crippen LogP contribution in [0, 0.1) is 46.3 Å². The topological polar surface area (TPSA) is 366 Å². The van der Waals surface area contributed by atoms with Gasteiger partial charge in [-0.05, 0) is 98.7 Å². The molecule has 9 rings (SSSR count). The van der Waals surface area contributed by atoms with E-state index in [4.69, 9.17) is 42.6 Å². The van der Waals surface area contributed by atoms with Gasteiger partial charge in [0, 0.05) is 12.3 Å². The van der Waals surface area contributed by atoms with Crippen LogP contribution in [-0.2, 0) is 42.6 Å². The molecule has 31 atom stereocenters. The molecule has 5 saturated heterocycles. The highest BCUT2D eigenvalue weighted by Gasteiger charge is 2.68. The largest absolute Gasteiger partial charge is 0.394 e. The van der Waals surface area contributed by atoms with Gasteiger partial charge in [0.2, 0.25) is 0 Å². The van der Waals surface area contributed by atoms with Gasteiger partial charge >= 0.3 is 0 Å². The molecule has 3 saturated carbocycles. The molecule has 9 aliphatic rings.